The van der Waals surface area contributed by atoms with E-state index >= 15 is 0 Å². The number of nitrogens with zero attached hydrogens (tertiary/aromatic N) is 2. The standard InChI is InChI=1S/C26H30N2S2/c1-17-21(5)29-25(27(17)19(3)23-13-9-7-10-14-23)26-28(18(2)22(6)30-26)20(4)24-15-11-8-12-16-24/h7-16,19-20H,1-6H3/b26-25+/t19-,20-/m0/s1. The largest absolute Gasteiger partial charge is 0.330 e. The molecule has 2 aliphatic heterocycles. The molecule has 0 radical (unpaired) electrons. The Morgan fingerprint density at radius 1 is 0.567 bits per heavy atom. The van der Waals surface area contributed by atoms with Gasteiger partial charge >= 0.3 is 0 Å². The molecule has 2 aliphatic rings. The van der Waals surface area contributed by atoms with Crippen molar-refractivity contribution in [3.05, 3.63) is 103 Å². The van der Waals surface area contributed by atoms with Gasteiger partial charge in [0, 0.05) is 21.2 Å². The van der Waals surface area contributed by atoms with E-state index in [0.29, 0.717) is 0 Å². The van der Waals surface area contributed by atoms with Crippen molar-refractivity contribution < 1.29 is 0 Å². The molecule has 0 aromatic heterocycles. The zero-order valence-corrected chi connectivity index (χ0v) is 20.3. The predicted octanol–water partition coefficient (Wildman–Crippen LogP) is 8.24. The first kappa shape index (κ1) is 21.2. The number of benzene rings is 2. The van der Waals surface area contributed by atoms with E-state index in [9.17, 15) is 0 Å². The fourth-order valence-corrected chi connectivity index (χ4v) is 6.65. The molecule has 4 heteroatoms. The molecule has 0 fully saturated rings. The number of thioether (sulfide) groups is 2. The van der Waals surface area contributed by atoms with Crippen LogP contribution in [0.3, 0.4) is 0 Å². The monoisotopic (exact) mass is 434 g/mol. The van der Waals surface area contributed by atoms with Crippen molar-refractivity contribution in [3.8, 4) is 0 Å². The third kappa shape index (κ3) is 3.72. The molecule has 0 amide bonds. The average Bonchev–Trinajstić information content (AvgIpc) is 3.23. The maximum Gasteiger partial charge on any atom is 0.111 e. The number of hydrogen-bond donors (Lipinski definition) is 0. The second-order valence-electron chi connectivity index (χ2n) is 8.01. The Labute approximate surface area is 189 Å². The van der Waals surface area contributed by atoms with E-state index in [1.807, 2.05) is 23.5 Å². The van der Waals surface area contributed by atoms with Crippen LogP contribution in [0.4, 0.5) is 0 Å². The van der Waals surface area contributed by atoms with Gasteiger partial charge in [0.2, 0.25) is 0 Å². The summed E-state index contributed by atoms with van der Waals surface area (Å²) in [5, 5.41) is 2.70. The lowest BCUT2D eigenvalue weighted by atomic mass is 10.1. The maximum absolute atomic E-state index is 2.54. The van der Waals surface area contributed by atoms with Gasteiger partial charge in [0.1, 0.15) is 10.1 Å². The average molecular weight is 435 g/mol. The lowest BCUT2D eigenvalue weighted by Gasteiger charge is -2.35. The van der Waals surface area contributed by atoms with Gasteiger partial charge in [-0.2, -0.15) is 0 Å². The number of hydrogen-bond acceptors (Lipinski definition) is 4. The van der Waals surface area contributed by atoms with Crippen molar-refractivity contribution in [3.63, 3.8) is 0 Å². The number of allylic oxidation sites excluding steroid dienone is 4. The highest BCUT2D eigenvalue weighted by Crippen LogP contribution is 2.55. The molecular weight excluding hydrogens is 404 g/mol. The van der Waals surface area contributed by atoms with Crippen molar-refractivity contribution in [2.75, 3.05) is 0 Å². The highest BCUT2D eigenvalue weighted by Gasteiger charge is 2.37. The van der Waals surface area contributed by atoms with E-state index in [0.717, 1.165) is 0 Å². The molecule has 2 heterocycles. The molecule has 0 saturated carbocycles. The minimum atomic E-state index is 0.286. The topological polar surface area (TPSA) is 6.48 Å². The molecule has 0 bridgehead atoms. The van der Waals surface area contributed by atoms with Gasteiger partial charge in [0.05, 0.1) is 12.1 Å². The first-order valence-corrected chi connectivity index (χ1v) is 12.2. The van der Waals surface area contributed by atoms with Gasteiger partial charge in [-0.25, -0.2) is 0 Å². The van der Waals surface area contributed by atoms with Crippen molar-refractivity contribution in [1.82, 2.24) is 9.80 Å². The summed E-state index contributed by atoms with van der Waals surface area (Å²) >= 11 is 3.84. The Kier molecular flexibility index (Phi) is 6.08. The maximum atomic E-state index is 2.54. The van der Waals surface area contributed by atoms with Crippen LogP contribution in [0.2, 0.25) is 0 Å². The Morgan fingerprint density at radius 2 is 0.900 bits per heavy atom. The molecule has 0 unspecified atom stereocenters. The fourth-order valence-electron chi connectivity index (χ4n) is 4.17. The zero-order chi connectivity index (χ0) is 21.4. The second kappa shape index (κ2) is 8.60. The quantitative estimate of drug-likeness (QED) is 0.478. The summed E-state index contributed by atoms with van der Waals surface area (Å²) in [5.74, 6) is 0. The van der Waals surface area contributed by atoms with Crippen molar-refractivity contribution in [2.45, 2.75) is 53.6 Å². The third-order valence-electron chi connectivity index (χ3n) is 6.20. The smallest absolute Gasteiger partial charge is 0.111 e. The summed E-state index contributed by atoms with van der Waals surface area (Å²) in [4.78, 5) is 7.84. The van der Waals surface area contributed by atoms with Crippen LogP contribution in [-0.4, -0.2) is 9.80 Å². The molecular formula is C26H30N2S2. The molecule has 2 atom stereocenters. The van der Waals surface area contributed by atoms with Crippen LogP contribution in [0.15, 0.2) is 91.9 Å². The highest BCUT2D eigenvalue weighted by atomic mass is 32.2. The Morgan fingerprint density at radius 3 is 1.23 bits per heavy atom. The summed E-state index contributed by atoms with van der Waals surface area (Å²) in [6.45, 7) is 13.6. The van der Waals surface area contributed by atoms with Gasteiger partial charge in [-0.05, 0) is 52.7 Å². The summed E-state index contributed by atoms with van der Waals surface area (Å²) < 4.78 is 0. The first-order chi connectivity index (χ1) is 14.4. The molecule has 0 N–H and O–H groups in total. The van der Waals surface area contributed by atoms with Gasteiger partial charge in [-0.15, -0.1) is 0 Å². The third-order valence-corrected chi connectivity index (χ3v) is 8.70. The first-order valence-electron chi connectivity index (χ1n) is 10.5. The molecule has 2 aromatic carbocycles. The van der Waals surface area contributed by atoms with Crippen LogP contribution in [0.5, 0.6) is 0 Å². The van der Waals surface area contributed by atoms with Crippen LogP contribution in [0, 0.1) is 0 Å². The van der Waals surface area contributed by atoms with Crippen molar-refractivity contribution in [2.24, 2.45) is 0 Å². The fraction of sp³-hybridized carbons (Fsp3) is 0.308. The molecule has 30 heavy (non-hydrogen) atoms. The van der Waals surface area contributed by atoms with Gasteiger partial charge in [-0.1, -0.05) is 84.2 Å². The van der Waals surface area contributed by atoms with Crippen LogP contribution >= 0.6 is 23.5 Å². The minimum Gasteiger partial charge on any atom is -0.330 e. The minimum absolute atomic E-state index is 0.286. The molecule has 0 saturated heterocycles. The van der Waals surface area contributed by atoms with E-state index in [2.05, 4.69) is 112 Å². The Balaban J connectivity index is 1.79. The normalized spacial score (nSPS) is 21.7. The summed E-state index contributed by atoms with van der Waals surface area (Å²) in [6.07, 6.45) is 0. The molecule has 2 nitrogen and oxygen atoms in total. The highest BCUT2D eigenvalue weighted by molar-refractivity contribution is 8.10. The van der Waals surface area contributed by atoms with E-state index in [-0.39, 0.29) is 12.1 Å². The Bertz CT molecular complexity index is 938. The van der Waals surface area contributed by atoms with Crippen LogP contribution < -0.4 is 0 Å². The summed E-state index contributed by atoms with van der Waals surface area (Å²) in [7, 11) is 0. The SMILES string of the molecule is CC1=C(C)N([C@@H](C)c2ccccc2)/C(=C2\SC(C)=C(C)N2[C@@H](C)c2ccccc2)S1. The molecule has 0 spiro atoms. The van der Waals surface area contributed by atoms with Gasteiger partial charge in [0.25, 0.3) is 0 Å². The van der Waals surface area contributed by atoms with Gasteiger partial charge in [-0.3, -0.25) is 0 Å². The van der Waals surface area contributed by atoms with Gasteiger partial charge < -0.3 is 9.80 Å². The van der Waals surface area contributed by atoms with E-state index in [1.54, 1.807) is 0 Å². The summed E-state index contributed by atoms with van der Waals surface area (Å²) in [5.41, 5.74) is 5.40. The van der Waals surface area contributed by atoms with E-state index < -0.39 is 0 Å². The lowest BCUT2D eigenvalue weighted by Crippen LogP contribution is -2.27. The Hall–Kier alpha value is -2.04. The van der Waals surface area contributed by atoms with Crippen LogP contribution in [-0.2, 0) is 0 Å². The lowest BCUT2D eigenvalue weighted by molar-refractivity contribution is 0.328. The predicted molar refractivity (Wildman–Crippen MR) is 132 cm³/mol. The summed E-state index contributed by atoms with van der Waals surface area (Å²) in [6, 6.07) is 22.2. The van der Waals surface area contributed by atoms with Gasteiger partial charge in [0.15, 0.2) is 0 Å². The van der Waals surface area contributed by atoms with Crippen LogP contribution in [0.1, 0.15) is 64.8 Å². The molecule has 2 aromatic rings. The molecule has 4 rings (SSSR count). The van der Waals surface area contributed by atoms with Crippen LogP contribution in [0.25, 0.3) is 0 Å². The van der Waals surface area contributed by atoms with E-state index in [4.69, 9.17) is 0 Å². The second-order valence-corrected chi connectivity index (χ2v) is 10.4. The molecule has 0 aliphatic carbocycles. The molecule has 156 valence electrons. The van der Waals surface area contributed by atoms with E-state index in [1.165, 1.54) is 42.4 Å². The van der Waals surface area contributed by atoms with Crippen molar-refractivity contribution >= 4 is 23.5 Å². The zero-order valence-electron chi connectivity index (χ0n) is 18.6. The number of rotatable bonds is 4. The van der Waals surface area contributed by atoms with Crippen molar-refractivity contribution in [1.29, 1.82) is 0 Å².